The van der Waals surface area contributed by atoms with Gasteiger partial charge in [-0.3, -0.25) is 9.59 Å². The molecule has 0 spiro atoms. The van der Waals surface area contributed by atoms with E-state index >= 15 is 0 Å². The molecule has 37 heavy (non-hydrogen) atoms. The summed E-state index contributed by atoms with van der Waals surface area (Å²) >= 11 is 0. The molecule has 1 unspecified atom stereocenters. The number of hydrogen-bond donors (Lipinski definition) is 2. The summed E-state index contributed by atoms with van der Waals surface area (Å²) in [7, 11) is 0. The Morgan fingerprint density at radius 3 is 2.65 bits per heavy atom. The van der Waals surface area contributed by atoms with E-state index < -0.39 is 17.7 Å². The molecule has 1 aromatic heterocycles. The molecule has 2 heterocycles. The van der Waals surface area contributed by atoms with E-state index in [0.29, 0.717) is 43.1 Å². The van der Waals surface area contributed by atoms with E-state index in [9.17, 15) is 19.8 Å². The maximum Gasteiger partial charge on any atom is 0.295 e. The number of aliphatic hydroxyl groups excluding tert-OH is 1. The Labute approximate surface area is 215 Å². The minimum Gasteiger partial charge on any atom is -0.507 e. The maximum atomic E-state index is 13.3. The minimum absolute atomic E-state index is 0.0200. The normalized spacial score (nSPS) is 16.8. The van der Waals surface area contributed by atoms with E-state index in [1.807, 2.05) is 17.7 Å². The van der Waals surface area contributed by atoms with Gasteiger partial charge in [0.25, 0.3) is 11.7 Å². The highest BCUT2D eigenvalue weighted by atomic mass is 16.5. The van der Waals surface area contributed by atoms with Crippen LogP contribution < -0.4 is 9.47 Å². The van der Waals surface area contributed by atoms with Crippen molar-refractivity contribution in [1.29, 1.82) is 0 Å². The number of aromatic hydroxyl groups is 1. The number of ether oxygens (including phenoxy) is 2. The van der Waals surface area contributed by atoms with E-state index in [4.69, 9.17) is 9.47 Å². The third kappa shape index (κ3) is 5.61. The second-order valence-electron chi connectivity index (χ2n) is 8.68. The molecule has 0 saturated carbocycles. The zero-order chi connectivity index (χ0) is 26.4. The molecule has 1 aliphatic rings. The molecule has 9 nitrogen and oxygen atoms in total. The van der Waals surface area contributed by atoms with E-state index in [0.717, 1.165) is 6.42 Å². The second kappa shape index (κ2) is 11.6. The highest BCUT2D eigenvalue weighted by Crippen LogP contribution is 2.42. The number of phenolic OH excluding ortho intramolecular Hbond substituents is 1. The van der Waals surface area contributed by atoms with Gasteiger partial charge in [-0.05, 0) is 49.6 Å². The summed E-state index contributed by atoms with van der Waals surface area (Å²) in [6.45, 7) is 5.50. The number of likely N-dealkylation sites (tertiary alicyclic amines) is 1. The quantitative estimate of drug-likeness (QED) is 0.227. The van der Waals surface area contributed by atoms with Gasteiger partial charge in [0.05, 0.1) is 31.2 Å². The number of benzene rings is 2. The van der Waals surface area contributed by atoms with Gasteiger partial charge in [0, 0.05) is 31.0 Å². The van der Waals surface area contributed by atoms with Gasteiger partial charge < -0.3 is 29.2 Å². The predicted molar refractivity (Wildman–Crippen MR) is 137 cm³/mol. The molecule has 9 heteroatoms. The average Bonchev–Trinajstić information content (AvgIpc) is 3.51. The summed E-state index contributed by atoms with van der Waals surface area (Å²) in [5.74, 6) is -1.01. The molecule has 1 saturated heterocycles. The Morgan fingerprint density at radius 2 is 1.92 bits per heavy atom. The first kappa shape index (κ1) is 25.8. The number of aromatic nitrogens is 2. The topological polar surface area (TPSA) is 114 Å². The molecule has 1 aliphatic heterocycles. The number of phenols is 1. The molecule has 4 rings (SSSR count). The van der Waals surface area contributed by atoms with Crippen LogP contribution in [0, 0.1) is 0 Å². The van der Waals surface area contributed by atoms with Crippen LogP contribution in [0.4, 0.5) is 0 Å². The molecule has 2 aromatic carbocycles. The van der Waals surface area contributed by atoms with Gasteiger partial charge in [0.1, 0.15) is 11.5 Å². The van der Waals surface area contributed by atoms with Crippen LogP contribution in [0.25, 0.3) is 5.76 Å². The number of aryl methyl sites for hydroxylation is 1. The number of nitrogens with zero attached hydrogens (tertiary/aromatic N) is 3. The van der Waals surface area contributed by atoms with Gasteiger partial charge in [-0.2, -0.15) is 0 Å². The summed E-state index contributed by atoms with van der Waals surface area (Å²) in [6.07, 6.45) is 6.58. The van der Waals surface area contributed by atoms with Crippen LogP contribution in [0.1, 0.15) is 43.9 Å². The Balaban J connectivity index is 1.76. The lowest BCUT2D eigenvalue weighted by Crippen LogP contribution is -2.31. The zero-order valence-electron chi connectivity index (χ0n) is 21.0. The SMILES string of the molecule is CCCOc1cccc(C(O)=C2C(=O)C(=O)N(CCCn3ccnc3)C2c2ccc(O)c(OCC)c2)c1. The largest absolute Gasteiger partial charge is 0.507 e. The fraction of sp³-hybridized carbons (Fsp3) is 0.321. The van der Waals surface area contributed by atoms with Crippen molar-refractivity contribution in [3.05, 3.63) is 77.9 Å². The Hall–Kier alpha value is -4.27. The van der Waals surface area contributed by atoms with Crippen molar-refractivity contribution in [3.63, 3.8) is 0 Å². The fourth-order valence-electron chi connectivity index (χ4n) is 4.38. The van der Waals surface area contributed by atoms with E-state index in [-0.39, 0.29) is 29.4 Å². The van der Waals surface area contributed by atoms with E-state index in [1.165, 1.54) is 11.0 Å². The summed E-state index contributed by atoms with van der Waals surface area (Å²) in [6, 6.07) is 10.7. The van der Waals surface area contributed by atoms with Crippen molar-refractivity contribution in [2.75, 3.05) is 19.8 Å². The number of imidazole rings is 1. The maximum absolute atomic E-state index is 13.3. The molecule has 194 valence electrons. The van der Waals surface area contributed by atoms with Crippen molar-refractivity contribution in [2.24, 2.45) is 0 Å². The van der Waals surface area contributed by atoms with Crippen LogP contribution >= 0.6 is 0 Å². The van der Waals surface area contributed by atoms with Crippen LogP contribution in [0.15, 0.2) is 66.8 Å². The van der Waals surface area contributed by atoms with Crippen LogP contribution in [0.2, 0.25) is 0 Å². The van der Waals surface area contributed by atoms with E-state index in [2.05, 4.69) is 4.98 Å². The molecule has 3 aromatic rings. The van der Waals surface area contributed by atoms with Crippen LogP contribution in [-0.2, 0) is 16.1 Å². The molecule has 0 bridgehead atoms. The van der Waals surface area contributed by atoms with E-state index in [1.54, 1.807) is 55.8 Å². The van der Waals surface area contributed by atoms with Crippen molar-refractivity contribution >= 4 is 17.4 Å². The standard InChI is InChI=1S/C28H31N3O6/c1-3-15-37-21-8-5-7-20(16-21)26(33)24-25(19-9-10-22(32)23(17-19)36-4-2)31(28(35)27(24)34)13-6-12-30-14-11-29-18-30/h5,7-11,14,16-18,25,32-33H,3-4,6,12-13,15H2,1-2H3. The number of Topliss-reactive ketones (excluding diaryl/α,β-unsaturated/α-hetero) is 1. The first-order chi connectivity index (χ1) is 17.9. The molecule has 0 radical (unpaired) electrons. The van der Waals surface area contributed by atoms with Crippen LogP contribution in [0.5, 0.6) is 17.2 Å². The molecular weight excluding hydrogens is 474 g/mol. The van der Waals surface area contributed by atoms with Gasteiger partial charge in [0.15, 0.2) is 11.5 Å². The smallest absolute Gasteiger partial charge is 0.295 e. The molecule has 1 amide bonds. The summed E-state index contributed by atoms with van der Waals surface area (Å²) in [4.78, 5) is 32.0. The van der Waals surface area contributed by atoms with Crippen LogP contribution in [0.3, 0.4) is 0 Å². The number of amides is 1. The molecule has 1 atom stereocenters. The summed E-state index contributed by atoms with van der Waals surface area (Å²) < 4.78 is 13.1. The van der Waals surface area contributed by atoms with Crippen LogP contribution in [-0.4, -0.2) is 56.1 Å². The Morgan fingerprint density at radius 1 is 1.08 bits per heavy atom. The van der Waals surface area contributed by atoms with Gasteiger partial charge >= 0.3 is 0 Å². The number of carbonyl (C=O) groups is 2. The summed E-state index contributed by atoms with van der Waals surface area (Å²) in [5, 5.41) is 21.6. The van der Waals surface area contributed by atoms with Gasteiger partial charge in [-0.1, -0.05) is 25.1 Å². The van der Waals surface area contributed by atoms with Crippen molar-refractivity contribution in [3.8, 4) is 17.2 Å². The minimum atomic E-state index is -0.859. The lowest BCUT2D eigenvalue weighted by Gasteiger charge is -2.26. The molecular formula is C28H31N3O6. The molecule has 2 N–H and O–H groups in total. The second-order valence-corrected chi connectivity index (χ2v) is 8.68. The third-order valence-corrected chi connectivity index (χ3v) is 6.09. The predicted octanol–water partition coefficient (Wildman–Crippen LogP) is 4.29. The average molecular weight is 506 g/mol. The van der Waals surface area contributed by atoms with Gasteiger partial charge in [0.2, 0.25) is 0 Å². The highest BCUT2D eigenvalue weighted by Gasteiger charge is 2.46. The first-order valence-electron chi connectivity index (χ1n) is 12.4. The van der Waals surface area contributed by atoms with Crippen molar-refractivity contribution in [1.82, 2.24) is 14.5 Å². The third-order valence-electron chi connectivity index (χ3n) is 6.09. The first-order valence-corrected chi connectivity index (χ1v) is 12.4. The number of hydrogen-bond acceptors (Lipinski definition) is 7. The molecule has 1 fully saturated rings. The lowest BCUT2D eigenvalue weighted by atomic mass is 9.95. The summed E-state index contributed by atoms with van der Waals surface area (Å²) in [5.41, 5.74) is 0.898. The van der Waals surface area contributed by atoms with Gasteiger partial charge in [-0.25, -0.2) is 4.98 Å². The number of aliphatic hydroxyl groups is 1. The monoisotopic (exact) mass is 505 g/mol. The number of carbonyl (C=O) groups excluding carboxylic acids is 2. The zero-order valence-corrected chi connectivity index (χ0v) is 21.0. The van der Waals surface area contributed by atoms with Crippen molar-refractivity contribution < 1.29 is 29.3 Å². The van der Waals surface area contributed by atoms with Gasteiger partial charge in [-0.15, -0.1) is 0 Å². The van der Waals surface area contributed by atoms with Crippen molar-refractivity contribution in [2.45, 2.75) is 39.3 Å². The lowest BCUT2D eigenvalue weighted by molar-refractivity contribution is -0.139. The molecule has 0 aliphatic carbocycles. The number of rotatable bonds is 11. The fourth-order valence-corrected chi connectivity index (χ4v) is 4.38. The Bertz CT molecular complexity index is 1280. The Kier molecular flexibility index (Phi) is 8.12. The number of ketones is 1. The highest BCUT2D eigenvalue weighted by molar-refractivity contribution is 6.46.